The SMILES string of the molecule is Cc1cccc(C)c1-c1cc2c(nc1C)OCC2N(C)C. The van der Waals surface area contributed by atoms with E-state index >= 15 is 0 Å². The van der Waals surface area contributed by atoms with Crippen LogP contribution in [-0.2, 0) is 0 Å². The van der Waals surface area contributed by atoms with E-state index in [1.165, 1.54) is 27.8 Å². The number of aryl methyl sites for hydroxylation is 3. The van der Waals surface area contributed by atoms with E-state index in [4.69, 9.17) is 9.72 Å². The van der Waals surface area contributed by atoms with Crippen LogP contribution in [0.1, 0.15) is 28.4 Å². The van der Waals surface area contributed by atoms with E-state index in [1.54, 1.807) is 0 Å². The summed E-state index contributed by atoms with van der Waals surface area (Å²) in [6.07, 6.45) is 0. The molecule has 1 aromatic heterocycles. The minimum atomic E-state index is 0.288. The lowest BCUT2D eigenvalue weighted by atomic mass is 9.93. The molecule has 1 unspecified atom stereocenters. The highest BCUT2D eigenvalue weighted by atomic mass is 16.5. The standard InChI is InChI=1S/C18H22N2O/c1-11-7-6-8-12(2)17(11)14-9-15-16(20(4)5)10-21-18(15)19-13(14)3/h6-9,16H,10H2,1-5H3. The summed E-state index contributed by atoms with van der Waals surface area (Å²) in [6, 6.07) is 8.99. The first-order valence-electron chi connectivity index (χ1n) is 7.36. The van der Waals surface area contributed by atoms with Crippen LogP contribution in [-0.4, -0.2) is 30.6 Å². The number of hydrogen-bond acceptors (Lipinski definition) is 3. The van der Waals surface area contributed by atoms with Gasteiger partial charge in [-0.25, -0.2) is 4.98 Å². The van der Waals surface area contributed by atoms with E-state index < -0.39 is 0 Å². The molecule has 1 aliphatic rings. The van der Waals surface area contributed by atoms with Crippen LogP contribution in [0.2, 0.25) is 0 Å². The van der Waals surface area contributed by atoms with Crippen LogP contribution in [0.5, 0.6) is 5.88 Å². The van der Waals surface area contributed by atoms with Gasteiger partial charge in [0, 0.05) is 16.8 Å². The number of hydrogen-bond donors (Lipinski definition) is 0. The molecule has 0 saturated carbocycles. The first-order chi connectivity index (χ1) is 9.99. The van der Waals surface area contributed by atoms with Crippen LogP contribution in [0.4, 0.5) is 0 Å². The smallest absolute Gasteiger partial charge is 0.218 e. The Balaban J connectivity index is 2.19. The molecule has 110 valence electrons. The molecule has 0 N–H and O–H groups in total. The predicted octanol–water partition coefficient (Wildman–Crippen LogP) is 3.67. The van der Waals surface area contributed by atoms with Crippen LogP contribution in [0.15, 0.2) is 24.3 Å². The highest BCUT2D eigenvalue weighted by Gasteiger charge is 2.28. The molecule has 0 fully saturated rings. The van der Waals surface area contributed by atoms with Crippen molar-refractivity contribution < 1.29 is 4.74 Å². The van der Waals surface area contributed by atoms with Crippen molar-refractivity contribution in [2.75, 3.05) is 20.7 Å². The van der Waals surface area contributed by atoms with Crippen molar-refractivity contribution in [2.45, 2.75) is 26.8 Å². The highest BCUT2D eigenvalue weighted by molar-refractivity contribution is 5.74. The first kappa shape index (κ1) is 14.1. The van der Waals surface area contributed by atoms with Gasteiger partial charge in [-0.2, -0.15) is 0 Å². The molecular formula is C18H22N2O. The number of fused-ring (bicyclic) bond motifs is 1. The Morgan fingerprint density at radius 1 is 1.14 bits per heavy atom. The number of likely N-dealkylation sites (N-methyl/N-ethyl adjacent to an activating group) is 1. The van der Waals surface area contributed by atoms with Gasteiger partial charge in [-0.05, 0) is 57.6 Å². The molecule has 1 aromatic carbocycles. The van der Waals surface area contributed by atoms with Crippen LogP contribution < -0.4 is 4.74 Å². The van der Waals surface area contributed by atoms with Crippen molar-refractivity contribution >= 4 is 0 Å². The number of benzene rings is 1. The molecule has 3 nitrogen and oxygen atoms in total. The quantitative estimate of drug-likeness (QED) is 0.840. The third kappa shape index (κ3) is 2.32. The Hall–Kier alpha value is -1.87. The summed E-state index contributed by atoms with van der Waals surface area (Å²) in [7, 11) is 4.17. The Bertz CT molecular complexity index is 672. The molecule has 1 aliphatic heterocycles. The average Bonchev–Trinajstić information content (AvgIpc) is 2.81. The van der Waals surface area contributed by atoms with Crippen LogP contribution in [0.25, 0.3) is 11.1 Å². The van der Waals surface area contributed by atoms with Gasteiger partial charge in [0.05, 0.1) is 6.04 Å². The van der Waals surface area contributed by atoms with Crippen molar-refractivity contribution in [2.24, 2.45) is 0 Å². The summed E-state index contributed by atoms with van der Waals surface area (Å²) in [5, 5.41) is 0. The van der Waals surface area contributed by atoms with Crippen molar-refractivity contribution in [3.63, 3.8) is 0 Å². The molecule has 21 heavy (non-hydrogen) atoms. The number of ether oxygens (including phenoxy) is 1. The number of aromatic nitrogens is 1. The third-order valence-electron chi connectivity index (χ3n) is 4.32. The predicted molar refractivity (Wildman–Crippen MR) is 85.8 cm³/mol. The van der Waals surface area contributed by atoms with Gasteiger partial charge in [0.15, 0.2) is 0 Å². The summed E-state index contributed by atoms with van der Waals surface area (Å²) in [4.78, 5) is 6.89. The van der Waals surface area contributed by atoms with Crippen LogP contribution >= 0.6 is 0 Å². The van der Waals surface area contributed by atoms with E-state index in [0.29, 0.717) is 6.61 Å². The second-order valence-electron chi connectivity index (χ2n) is 6.07. The molecule has 1 atom stereocenters. The van der Waals surface area contributed by atoms with E-state index in [0.717, 1.165) is 11.6 Å². The molecule has 2 heterocycles. The van der Waals surface area contributed by atoms with Gasteiger partial charge in [-0.15, -0.1) is 0 Å². The molecule has 0 radical (unpaired) electrons. The minimum absolute atomic E-state index is 0.288. The summed E-state index contributed by atoms with van der Waals surface area (Å²) >= 11 is 0. The van der Waals surface area contributed by atoms with Crippen molar-refractivity contribution in [3.8, 4) is 17.0 Å². The fraction of sp³-hybridized carbons (Fsp3) is 0.389. The Kier molecular flexibility index (Phi) is 3.46. The summed E-state index contributed by atoms with van der Waals surface area (Å²) < 4.78 is 5.75. The monoisotopic (exact) mass is 282 g/mol. The van der Waals surface area contributed by atoms with Gasteiger partial charge in [-0.1, -0.05) is 18.2 Å². The van der Waals surface area contributed by atoms with Crippen molar-refractivity contribution in [3.05, 3.63) is 46.6 Å². The fourth-order valence-electron chi connectivity index (χ4n) is 3.12. The van der Waals surface area contributed by atoms with Gasteiger partial charge >= 0.3 is 0 Å². The molecule has 0 spiro atoms. The van der Waals surface area contributed by atoms with E-state index in [2.05, 4.69) is 64.0 Å². The van der Waals surface area contributed by atoms with Gasteiger partial charge in [0.1, 0.15) is 6.61 Å². The number of rotatable bonds is 2. The van der Waals surface area contributed by atoms with Crippen molar-refractivity contribution in [1.82, 2.24) is 9.88 Å². The van der Waals surface area contributed by atoms with Gasteiger partial charge in [0.2, 0.25) is 5.88 Å². The van der Waals surface area contributed by atoms with Crippen LogP contribution in [0, 0.1) is 20.8 Å². The van der Waals surface area contributed by atoms with Crippen molar-refractivity contribution in [1.29, 1.82) is 0 Å². The second kappa shape index (κ2) is 5.15. The lowest BCUT2D eigenvalue weighted by Gasteiger charge is -2.19. The average molecular weight is 282 g/mol. The maximum Gasteiger partial charge on any atom is 0.218 e. The third-order valence-corrected chi connectivity index (χ3v) is 4.32. The fourth-order valence-corrected chi connectivity index (χ4v) is 3.12. The first-order valence-corrected chi connectivity index (χ1v) is 7.36. The molecule has 0 aliphatic carbocycles. The summed E-state index contributed by atoms with van der Waals surface area (Å²) in [6.45, 7) is 7.07. The van der Waals surface area contributed by atoms with E-state index in [-0.39, 0.29) is 6.04 Å². The Morgan fingerprint density at radius 3 is 2.43 bits per heavy atom. The zero-order valence-corrected chi connectivity index (χ0v) is 13.4. The zero-order chi connectivity index (χ0) is 15.1. The van der Waals surface area contributed by atoms with E-state index in [9.17, 15) is 0 Å². The minimum Gasteiger partial charge on any atom is -0.475 e. The highest BCUT2D eigenvalue weighted by Crippen LogP contribution is 2.39. The van der Waals surface area contributed by atoms with Gasteiger partial charge in [-0.3, -0.25) is 4.90 Å². The van der Waals surface area contributed by atoms with Gasteiger partial charge < -0.3 is 4.74 Å². The molecule has 3 heteroatoms. The normalized spacial score (nSPS) is 17.0. The maximum atomic E-state index is 5.75. The number of nitrogens with zero attached hydrogens (tertiary/aromatic N) is 2. The van der Waals surface area contributed by atoms with Crippen LogP contribution in [0.3, 0.4) is 0 Å². The number of pyridine rings is 1. The topological polar surface area (TPSA) is 25.4 Å². The Morgan fingerprint density at radius 2 is 1.81 bits per heavy atom. The molecule has 3 rings (SSSR count). The molecular weight excluding hydrogens is 260 g/mol. The molecule has 0 amide bonds. The largest absolute Gasteiger partial charge is 0.475 e. The zero-order valence-electron chi connectivity index (χ0n) is 13.4. The molecule has 0 saturated heterocycles. The summed E-state index contributed by atoms with van der Waals surface area (Å²) in [5.41, 5.74) is 7.34. The van der Waals surface area contributed by atoms with E-state index in [1.807, 2.05) is 0 Å². The second-order valence-corrected chi connectivity index (χ2v) is 6.07. The lowest BCUT2D eigenvalue weighted by Crippen LogP contribution is -2.20. The molecule has 2 aromatic rings. The lowest BCUT2D eigenvalue weighted by molar-refractivity contribution is 0.224. The Labute approximate surface area is 126 Å². The maximum absolute atomic E-state index is 5.75. The van der Waals surface area contributed by atoms with Gasteiger partial charge in [0.25, 0.3) is 0 Å². The summed E-state index contributed by atoms with van der Waals surface area (Å²) in [5.74, 6) is 0.793. The molecule has 0 bridgehead atoms.